The fourth-order valence-corrected chi connectivity index (χ4v) is 4.08. The zero-order valence-corrected chi connectivity index (χ0v) is 20.3. The molecular formula is C26H43N3O2. The molecule has 0 unspecified atom stereocenters. The molecule has 0 bridgehead atoms. The number of likely N-dealkylation sites (N-methyl/N-ethyl adjacent to an activating group) is 1. The summed E-state index contributed by atoms with van der Waals surface area (Å²) in [5.74, 6) is 0. The Bertz CT molecular complexity index is 673. The van der Waals surface area contributed by atoms with Gasteiger partial charge in [0.25, 0.3) is 0 Å². The Kier molecular flexibility index (Phi) is 10.0. The summed E-state index contributed by atoms with van der Waals surface area (Å²) in [5.41, 5.74) is 2.23. The zero-order chi connectivity index (χ0) is 22.9. The summed E-state index contributed by atoms with van der Waals surface area (Å²) in [5, 5.41) is 3.04. The molecule has 5 nitrogen and oxygen atoms in total. The van der Waals surface area contributed by atoms with Gasteiger partial charge in [0.2, 0.25) is 0 Å². The minimum Gasteiger partial charge on any atom is -0.378 e. The summed E-state index contributed by atoms with van der Waals surface area (Å²) in [4.78, 5) is 16.8. The van der Waals surface area contributed by atoms with Crippen LogP contribution in [0.3, 0.4) is 0 Å². The van der Waals surface area contributed by atoms with Crippen molar-refractivity contribution >= 4 is 11.7 Å². The van der Waals surface area contributed by atoms with Crippen molar-refractivity contribution in [1.29, 1.82) is 0 Å². The number of rotatable bonds is 10. The molecule has 0 aromatic heterocycles. The lowest BCUT2D eigenvalue weighted by molar-refractivity contribution is 0.0127. The van der Waals surface area contributed by atoms with Crippen molar-refractivity contribution in [1.82, 2.24) is 9.80 Å². The van der Waals surface area contributed by atoms with Crippen LogP contribution in [0.15, 0.2) is 36.9 Å². The molecule has 0 spiro atoms. The largest absolute Gasteiger partial charge is 0.378 e. The first kappa shape index (κ1) is 25.4. The Morgan fingerprint density at radius 1 is 1.13 bits per heavy atom. The Hall–Kier alpha value is -1.85. The van der Waals surface area contributed by atoms with Gasteiger partial charge in [-0.1, -0.05) is 39.0 Å². The molecule has 1 aliphatic carbocycles. The maximum absolute atomic E-state index is 12.7. The van der Waals surface area contributed by atoms with Gasteiger partial charge in [-0.25, -0.2) is 4.79 Å². The number of anilines is 1. The molecule has 0 heterocycles. The number of nitrogens with one attached hydrogen (secondary N) is 1. The number of hydrogen-bond donors (Lipinski definition) is 1. The van der Waals surface area contributed by atoms with Crippen LogP contribution in [0.5, 0.6) is 0 Å². The summed E-state index contributed by atoms with van der Waals surface area (Å²) in [6.07, 6.45) is 8.58. The monoisotopic (exact) mass is 429 g/mol. The zero-order valence-electron chi connectivity index (χ0n) is 20.3. The Labute approximate surface area is 189 Å². The summed E-state index contributed by atoms with van der Waals surface area (Å²) >= 11 is 0. The van der Waals surface area contributed by atoms with E-state index >= 15 is 0 Å². The van der Waals surface area contributed by atoms with Crippen molar-refractivity contribution in [2.45, 2.75) is 76.9 Å². The average molecular weight is 430 g/mol. The third-order valence-electron chi connectivity index (χ3n) is 6.24. The molecule has 31 heavy (non-hydrogen) atoms. The van der Waals surface area contributed by atoms with E-state index in [4.69, 9.17) is 4.74 Å². The molecule has 0 atom stereocenters. The number of ether oxygens (including phenoxy) is 1. The highest BCUT2D eigenvalue weighted by Gasteiger charge is 2.27. The van der Waals surface area contributed by atoms with Crippen molar-refractivity contribution in [2.24, 2.45) is 0 Å². The minimum atomic E-state index is -0.0310. The minimum absolute atomic E-state index is 0.0310. The van der Waals surface area contributed by atoms with E-state index in [9.17, 15) is 4.79 Å². The van der Waals surface area contributed by atoms with Gasteiger partial charge >= 0.3 is 6.03 Å². The van der Waals surface area contributed by atoms with Gasteiger partial charge in [-0.2, -0.15) is 0 Å². The Morgan fingerprint density at radius 2 is 1.77 bits per heavy atom. The number of unbranched alkanes of at least 4 members (excludes halogenated alkanes) is 1. The molecule has 0 saturated heterocycles. The van der Waals surface area contributed by atoms with E-state index in [0.717, 1.165) is 63.9 Å². The van der Waals surface area contributed by atoms with Gasteiger partial charge in [0.05, 0.1) is 6.10 Å². The molecule has 0 radical (unpaired) electrons. The molecule has 2 amide bonds. The first-order valence-electron chi connectivity index (χ1n) is 11.8. The number of benzene rings is 1. The number of nitrogens with zero attached hydrogens (tertiary/aromatic N) is 2. The standard InChI is InChI=1S/C26H43N3O2/c1-7-18-28(5)19-8-9-20-31-24-16-14-23(15-17-24)29(6)25(30)27-22-12-10-21(11-13-22)26(2,3)4/h7,10-13,23-24H,1,8-9,14-20H2,2-6H3,(H,27,30)/t23-,24-. The van der Waals surface area contributed by atoms with E-state index in [-0.39, 0.29) is 17.5 Å². The van der Waals surface area contributed by atoms with Crippen LogP contribution in [0, 0.1) is 0 Å². The van der Waals surface area contributed by atoms with Crippen molar-refractivity contribution in [3.8, 4) is 0 Å². The maximum atomic E-state index is 12.7. The molecular weight excluding hydrogens is 386 g/mol. The van der Waals surface area contributed by atoms with Gasteiger partial charge in [-0.3, -0.25) is 0 Å². The lowest BCUT2D eigenvalue weighted by Crippen LogP contribution is -2.42. The van der Waals surface area contributed by atoms with Crippen LogP contribution in [0.4, 0.5) is 10.5 Å². The third kappa shape index (κ3) is 8.66. The van der Waals surface area contributed by atoms with Crippen LogP contribution >= 0.6 is 0 Å². The highest BCUT2D eigenvalue weighted by molar-refractivity contribution is 5.89. The molecule has 1 aliphatic rings. The van der Waals surface area contributed by atoms with Crippen molar-refractivity contribution < 1.29 is 9.53 Å². The summed E-state index contributed by atoms with van der Waals surface area (Å²) in [6, 6.07) is 8.42. The predicted molar refractivity (Wildman–Crippen MR) is 131 cm³/mol. The van der Waals surface area contributed by atoms with Crippen LogP contribution in [-0.4, -0.2) is 61.8 Å². The van der Waals surface area contributed by atoms with Crippen LogP contribution < -0.4 is 5.32 Å². The predicted octanol–water partition coefficient (Wildman–Crippen LogP) is 5.67. The van der Waals surface area contributed by atoms with Gasteiger partial charge in [0.15, 0.2) is 0 Å². The average Bonchev–Trinajstić information content (AvgIpc) is 2.73. The van der Waals surface area contributed by atoms with Gasteiger partial charge in [-0.05, 0) is 75.2 Å². The van der Waals surface area contributed by atoms with Crippen LogP contribution in [0.2, 0.25) is 0 Å². The fourth-order valence-electron chi connectivity index (χ4n) is 4.08. The second-order valence-corrected chi connectivity index (χ2v) is 9.93. The topological polar surface area (TPSA) is 44.8 Å². The maximum Gasteiger partial charge on any atom is 0.321 e. The van der Waals surface area contributed by atoms with Crippen LogP contribution in [0.1, 0.15) is 64.9 Å². The summed E-state index contributed by atoms with van der Waals surface area (Å²) < 4.78 is 6.09. The number of carbonyl (C=O) groups excluding carboxylic acids is 1. The normalized spacial score (nSPS) is 19.3. The van der Waals surface area contributed by atoms with Crippen molar-refractivity contribution in [2.75, 3.05) is 39.1 Å². The van der Waals surface area contributed by atoms with E-state index in [0.29, 0.717) is 6.10 Å². The summed E-state index contributed by atoms with van der Waals surface area (Å²) in [6.45, 7) is 13.2. The van der Waals surface area contributed by atoms with Crippen LogP contribution in [-0.2, 0) is 10.2 Å². The first-order chi connectivity index (χ1) is 14.7. The third-order valence-corrected chi connectivity index (χ3v) is 6.24. The van der Waals surface area contributed by atoms with E-state index in [2.05, 4.69) is 56.7 Å². The second-order valence-electron chi connectivity index (χ2n) is 9.93. The van der Waals surface area contributed by atoms with Crippen molar-refractivity contribution in [3.05, 3.63) is 42.5 Å². The van der Waals surface area contributed by atoms with E-state index in [1.165, 1.54) is 5.56 Å². The number of urea groups is 1. The number of amides is 2. The van der Waals surface area contributed by atoms with E-state index < -0.39 is 0 Å². The second kappa shape index (κ2) is 12.3. The first-order valence-corrected chi connectivity index (χ1v) is 11.8. The molecule has 1 aromatic rings. The molecule has 174 valence electrons. The fraction of sp³-hybridized carbons (Fsp3) is 0.654. The van der Waals surface area contributed by atoms with Gasteiger partial charge in [0.1, 0.15) is 0 Å². The van der Waals surface area contributed by atoms with Crippen LogP contribution in [0.25, 0.3) is 0 Å². The SMILES string of the molecule is C=CCN(C)CCCCO[C@H]1CC[C@H](N(C)C(=O)Nc2ccc(C(C)(C)C)cc2)CC1. The van der Waals surface area contributed by atoms with Crippen molar-refractivity contribution in [3.63, 3.8) is 0 Å². The van der Waals surface area contributed by atoms with Gasteiger partial charge < -0.3 is 19.9 Å². The highest BCUT2D eigenvalue weighted by atomic mass is 16.5. The highest BCUT2D eigenvalue weighted by Crippen LogP contribution is 2.26. The molecule has 0 aliphatic heterocycles. The molecule has 2 rings (SSSR count). The molecule has 1 fully saturated rings. The Morgan fingerprint density at radius 3 is 2.35 bits per heavy atom. The van der Waals surface area contributed by atoms with E-state index in [1.54, 1.807) is 0 Å². The van der Waals surface area contributed by atoms with Gasteiger partial charge in [-0.15, -0.1) is 6.58 Å². The molecule has 1 saturated carbocycles. The smallest absolute Gasteiger partial charge is 0.321 e. The summed E-state index contributed by atoms with van der Waals surface area (Å²) in [7, 11) is 4.03. The van der Waals surface area contributed by atoms with Gasteiger partial charge in [0, 0.05) is 31.9 Å². The quantitative estimate of drug-likeness (QED) is 0.385. The molecule has 1 N–H and O–H groups in total. The van der Waals surface area contributed by atoms with E-state index in [1.807, 2.05) is 30.2 Å². The lowest BCUT2D eigenvalue weighted by atomic mass is 9.87. The lowest BCUT2D eigenvalue weighted by Gasteiger charge is -2.34. The molecule has 5 heteroatoms. The number of carbonyl (C=O) groups is 1. The number of hydrogen-bond acceptors (Lipinski definition) is 3. The molecule has 1 aromatic carbocycles. The Balaban J connectivity index is 1.67.